The molecule has 0 aliphatic carbocycles. The number of amides is 1. The molecule has 0 unspecified atom stereocenters. The van der Waals surface area contributed by atoms with Crippen molar-refractivity contribution in [3.05, 3.63) is 71.4 Å². The number of aromatic nitrogens is 3. The van der Waals surface area contributed by atoms with Crippen LogP contribution in [0.5, 0.6) is 5.75 Å². The van der Waals surface area contributed by atoms with E-state index in [4.69, 9.17) is 16.3 Å². The quantitative estimate of drug-likeness (QED) is 0.692. The predicted molar refractivity (Wildman–Crippen MR) is 99.6 cm³/mol. The Morgan fingerprint density at radius 3 is 2.73 bits per heavy atom. The van der Waals surface area contributed by atoms with Gasteiger partial charge in [-0.3, -0.25) is 9.78 Å². The third-order valence-corrected chi connectivity index (χ3v) is 3.71. The second-order valence-corrected chi connectivity index (χ2v) is 5.70. The molecule has 0 bridgehead atoms. The van der Waals surface area contributed by atoms with Crippen molar-refractivity contribution in [3.8, 4) is 5.75 Å². The number of anilines is 2. The van der Waals surface area contributed by atoms with Crippen molar-refractivity contribution in [1.29, 1.82) is 0 Å². The van der Waals surface area contributed by atoms with Gasteiger partial charge in [-0.2, -0.15) is 0 Å². The van der Waals surface area contributed by atoms with Crippen LogP contribution in [-0.2, 0) is 6.54 Å². The van der Waals surface area contributed by atoms with Gasteiger partial charge in [0.05, 0.1) is 37.4 Å². The second-order valence-electron chi connectivity index (χ2n) is 5.26. The van der Waals surface area contributed by atoms with E-state index >= 15 is 0 Å². The molecule has 0 radical (unpaired) electrons. The van der Waals surface area contributed by atoms with Gasteiger partial charge in [-0.25, -0.2) is 9.97 Å². The number of pyridine rings is 1. The average molecular weight is 370 g/mol. The van der Waals surface area contributed by atoms with Crippen molar-refractivity contribution in [2.45, 2.75) is 6.54 Å². The summed E-state index contributed by atoms with van der Waals surface area (Å²) in [6.07, 6.45) is 4.61. The maximum Gasteiger partial charge on any atom is 0.275 e. The summed E-state index contributed by atoms with van der Waals surface area (Å²) < 4.78 is 5.20. The predicted octanol–water partition coefficient (Wildman–Crippen LogP) is 3.40. The summed E-state index contributed by atoms with van der Waals surface area (Å²) in [6, 6.07) is 10.6. The molecule has 2 N–H and O–H groups in total. The van der Waals surface area contributed by atoms with Gasteiger partial charge in [-0.05, 0) is 30.3 Å². The first-order valence-corrected chi connectivity index (χ1v) is 8.14. The molecule has 0 aliphatic heterocycles. The SMILES string of the molecule is COc1ccc(Cl)cc1NC(=O)c1cnc(NCc2ccccn2)cn1. The highest BCUT2D eigenvalue weighted by molar-refractivity contribution is 6.31. The number of carbonyl (C=O) groups is 1. The van der Waals surface area contributed by atoms with Crippen LogP contribution >= 0.6 is 11.6 Å². The molecule has 3 rings (SSSR count). The molecule has 132 valence electrons. The number of nitrogens with one attached hydrogen (secondary N) is 2. The van der Waals surface area contributed by atoms with Crippen molar-refractivity contribution >= 4 is 29.0 Å². The first kappa shape index (κ1) is 17.6. The number of benzene rings is 1. The van der Waals surface area contributed by atoms with E-state index in [1.54, 1.807) is 24.4 Å². The first-order chi connectivity index (χ1) is 12.7. The maximum atomic E-state index is 12.3. The standard InChI is InChI=1S/C18H16ClN5O2/c1-26-16-6-5-12(19)8-14(16)24-18(25)15-10-23-17(11-21-15)22-9-13-4-2-3-7-20-13/h2-8,10-11H,9H2,1H3,(H,22,23)(H,24,25). The number of hydrogen-bond acceptors (Lipinski definition) is 6. The average Bonchev–Trinajstić information content (AvgIpc) is 2.68. The molecule has 0 atom stereocenters. The Morgan fingerprint density at radius 1 is 1.15 bits per heavy atom. The Balaban J connectivity index is 1.64. The summed E-state index contributed by atoms with van der Waals surface area (Å²) in [5.41, 5.74) is 1.52. The Labute approximate surface area is 155 Å². The van der Waals surface area contributed by atoms with Crippen LogP contribution in [0.1, 0.15) is 16.2 Å². The van der Waals surface area contributed by atoms with Gasteiger partial charge in [0.25, 0.3) is 5.91 Å². The van der Waals surface area contributed by atoms with Gasteiger partial charge < -0.3 is 15.4 Å². The fourth-order valence-corrected chi connectivity index (χ4v) is 2.36. The van der Waals surface area contributed by atoms with Crippen LogP contribution < -0.4 is 15.4 Å². The Hall–Kier alpha value is -3.19. The largest absolute Gasteiger partial charge is 0.495 e. The molecule has 1 amide bonds. The lowest BCUT2D eigenvalue weighted by atomic mass is 10.2. The van der Waals surface area contributed by atoms with Crippen molar-refractivity contribution in [2.75, 3.05) is 17.7 Å². The maximum absolute atomic E-state index is 12.3. The smallest absolute Gasteiger partial charge is 0.275 e. The van der Waals surface area contributed by atoms with Gasteiger partial charge in [0.15, 0.2) is 0 Å². The molecule has 0 spiro atoms. The van der Waals surface area contributed by atoms with Crippen molar-refractivity contribution in [3.63, 3.8) is 0 Å². The van der Waals surface area contributed by atoms with E-state index in [1.165, 1.54) is 19.5 Å². The van der Waals surface area contributed by atoms with Crippen molar-refractivity contribution in [2.24, 2.45) is 0 Å². The molecule has 7 nitrogen and oxygen atoms in total. The molecule has 2 aromatic heterocycles. The lowest BCUT2D eigenvalue weighted by molar-refractivity contribution is 0.102. The zero-order valence-corrected chi connectivity index (χ0v) is 14.7. The van der Waals surface area contributed by atoms with Crippen LogP contribution in [0.4, 0.5) is 11.5 Å². The molecule has 1 aromatic carbocycles. The molecule has 26 heavy (non-hydrogen) atoms. The molecule has 8 heteroatoms. The third kappa shape index (κ3) is 4.46. The summed E-state index contributed by atoms with van der Waals surface area (Å²) in [5, 5.41) is 6.30. The van der Waals surface area contributed by atoms with Crippen LogP contribution in [0.15, 0.2) is 55.0 Å². The van der Waals surface area contributed by atoms with Gasteiger partial charge >= 0.3 is 0 Å². The topological polar surface area (TPSA) is 89.0 Å². The molecule has 2 heterocycles. The highest BCUT2D eigenvalue weighted by Crippen LogP contribution is 2.27. The van der Waals surface area contributed by atoms with Gasteiger partial charge in [0.1, 0.15) is 17.3 Å². The second kappa shape index (κ2) is 8.26. The van der Waals surface area contributed by atoms with Crippen LogP contribution in [0.3, 0.4) is 0 Å². The molecule has 0 saturated heterocycles. The van der Waals surface area contributed by atoms with E-state index in [9.17, 15) is 4.79 Å². The van der Waals surface area contributed by atoms with Crippen molar-refractivity contribution in [1.82, 2.24) is 15.0 Å². The number of methoxy groups -OCH3 is 1. The van der Waals surface area contributed by atoms with Gasteiger partial charge in [0.2, 0.25) is 0 Å². The van der Waals surface area contributed by atoms with Crippen molar-refractivity contribution < 1.29 is 9.53 Å². The van der Waals surface area contributed by atoms with E-state index < -0.39 is 5.91 Å². The number of ether oxygens (including phenoxy) is 1. The van der Waals surface area contributed by atoms with Gasteiger partial charge in [-0.1, -0.05) is 17.7 Å². The minimum atomic E-state index is -0.408. The Morgan fingerprint density at radius 2 is 2.04 bits per heavy atom. The molecular weight excluding hydrogens is 354 g/mol. The van der Waals surface area contributed by atoms with E-state index in [1.807, 2.05) is 18.2 Å². The number of halogens is 1. The van der Waals surface area contributed by atoms with Gasteiger partial charge in [0, 0.05) is 11.2 Å². The lowest BCUT2D eigenvalue weighted by Gasteiger charge is -2.10. The number of hydrogen-bond donors (Lipinski definition) is 2. The highest BCUT2D eigenvalue weighted by Gasteiger charge is 2.12. The summed E-state index contributed by atoms with van der Waals surface area (Å²) in [7, 11) is 1.51. The summed E-state index contributed by atoms with van der Waals surface area (Å²) >= 11 is 5.96. The van der Waals surface area contributed by atoms with E-state index in [2.05, 4.69) is 25.6 Å². The van der Waals surface area contributed by atoms with Crippen LogP contribution in [0.2, 0.25) is 5.02 Å². The first-order valence-electron chi connectivity index (χ1n) is 7.76. The molecular formula is C18H16ClN5O2. The monoisotopic (exact) mass is 369 g/mol. The van der Waals surface area contributed by atoms with E-state index in [-0.39, 0.29) is 5.69 Å². The fourth-order valence-electron chi connectivity index (χ4n) is 2.18. The number of nitrogens with zero attached hydrogens (tertiary/aromatic N) is 3. The minimum absolute atomic E-state index is 0.176. The zero-order valence-electron chi connectivity index (χ0n) is 13.9. The normalized spacial score (nSPS) is 10.2. The number of rotatable bonds is 6. The summed E-state index contributed by atoms with van der Waals surface area (Å²) in [5.74, 6) is 0.645. The molecule has 0 aliphatic rings. The third-order valence-electron chi connectivity index (χ3n) is 3.47. The zero-order chi connectivity index (χ0) is 18.4. The molecule has 0 fully saturated rings. The van der Waals surface area contributed by atoms with Crippen LogP contribution in [0, 0.1) is 0 Å². The van der Waals surface area contributed by atoms with Crippen LogP contribution in [0.25, 0.3) is 0 Å². The van der Waals surface area contributed by atoms with Gasteiger partial charge in [-0.15, -0.1) is 0 Å². The lowest BCUT2D eigenvalue weighted by Crippen LogP contribution is -2.15. The van der Waals surface area contributed by atoms with E-state index in [0.717, 1.165) is 5.69 Å². The van der Waals surface area contributed by atoms with E-state index in [0.29, 0.717) is 28.8 Å². The fraction of sp³-hybridized carbons (Fsp3) is 0.111. The highest BCUT2D eigenvalue weighted by atomic mass is 35.5. The number of carbonyl (C=O) groups excluding carboxylic acids is 1. The summed E-state index contributed by atoms with van der Waals surface area (Å²) in [4.78, 5) is 24.9. The Bertz CT molecular complexity index is 888. The molecule has 3 aromatic rings. The van der Waals surface area contributed by atoms with Crippen LogP contribution in [-0.4, -0.2) is 28.0 Å². The minimum Gasteiger partial charge on any atom is -0.495 e. The Kier molecular flexibility index (Phi) is 5.60. The molecule has 0 saturated carbocycles. The summed E-state index contributed by atoms with van der Waals surface area (Å²) in [6.45, 7) is 0.515.